The average Bonchev–Trinajstić information content (AvgIpc) is 2.38. The second kappa shape index (κ2) is 6.60. The molecule has 2 rings (SSSR count). The van der Waals surface area contributed by atoms with Crippen molar-refractivity contribution in [2.24, 2.45) is 0 Å². The van der Waals surface area contributed by atoms with Gasteiger partial charge in [0.2, 0.25) is 0 Å². The maximum Gasteiger partial charge on any atom is 0.410 e. The molecular formula is C18H27ClN2O2. The van der Waals surface area contributed by atoms with Crippen molar-refractivity contribution in [1.29, 1.82) is 0 Å². The number of halogens is 1. The molecule has 1 aromatic carbocycles. The minimum atomic E-state index is -0.474. The van der Waals surface area contributed by atoms with Gasteiger partial charge in [0, 0.05) is 23.8 Å². The molecule has 1 heterocycles. The Kier molecular flexibility index (Phi) is 5.14. The number of ether oxygens (including phenoxy) is 1. The molecular weight excluding hydrogens is 312 g/mol. The normalized spacial score (nSPS) is 22.2. The van der Waals surface area contributed by atoms with Crippen LogP contribution in [0, 0.1) is 6.92 Å². The third kappa shape index (κ3) is 4.31. The lowest BCUT2D eigenvalue weighted by Gasteiger charge is -2.45. The zero-order valence-electron chi connectivity index (χ0n) is 14.9. The maximum atomic E-state index is 12.4. The van der Waals surface area contributed by atoms with Gasteiger partial charge in [-0.25, -0.2) is 4.79 Å². The molecule has 0 saturated carbocycles. The first-order valence-electron chi connectivity index (χ1n) is 8.11. The van der Waals surface area contributed by atoms with Crippen LogP contribution >= 0.6 is 11.6 Å². The summed E-state index contributed by atoms with van der Waals surface area (Å²) in [6.45, 7) is 13.3. The zero-order chi connectivity index (χ0) is 17.4. The topological polar surface area (TPSA) is 32.8 Å². The Bertz CT molecular complexity index is 571. The van der Waals surface area contributed by atoms with Crippen molar-refractivity contribution in [2.45, 2.75) is 59.2 Å². The van der Waals surface area contributed by atoms with E-state index in [1.165, 1.54) is 0 Å². The molecule has 1 aliphatic heterocycles. The van der Waals surface area contributed by atoms with Gasteiger partial charge in [0.15, 0.2) is 0 Å². The summed E-state index contributed by atoms with van der Waals surface area (Å²) in [5.74, 6) is 0. The zero-order valence-corrected chi connectivity index (χ0v) is 15.6. The van der Waals surface area contributed by atoms with Gasteiger partial charge in [0.05, 0.1) is 12.1 Å². The monoisotopic (exact) mass is 338 g/mol. The molecule has 0 aromatic heterocycles. The summed E-state index contributed by atoms with van der Waals surface area (Å²) in [7, 11) is 0. The lowest BCUT2D eigenvalue weighted by Crippen LogP contribution is -2.59. The number of hydrogen-bond donors (Lipinski definition) is 0. The predicted molar refractivity (Wildman–Crippen MR) is 95.4 cm³/mol. The van der Waals surface area contributed by atoms with Crippen molar-refractivity contribution >= 4 is 23.4 Å². The van der Waals surface area contributed by atoms with Crippen molar-refractivity contribution in [2.75, 3.05) is 18.0 Å². The van der Waals surface area contributed by atoms with E-state index in [0.29, 0.717) is 0 Å². The molecule has 23 heavy (non-hydrogen) atoms. The molecule has 1 fully saturated rings. The van der Waals surface area contributed by atoms with Crippen LogP contribution in [0.15, 0.2) is 18.2 Å². The molecule has 1 aromatic rings. The van der Waals surface area contributed by atoms with Gasteiger partial charge in [0.25, 0.3) is 0 Å². The number of hydrogen-bond acceptors (Lipinski definition) is 3. The van der Waals surface area contributed by atoms with Gasteiger partial charge in [0.1, 0.15) is 5.60 Å². The van der Waals surface area contributed by atoms with Crippen LogP contribution in [0.2, 0.25) is 5.02 Å². The maximum absolute atomic E-state index is 12.4. The van der Waals surface area contributed by atoms with Crippen LogP contribution in [0.4, 0.5) is 10.5 Å². The minimum absolute atomic E-state index is 0.0775. The number of amides is 1. The Morgan fingerprint density at radius 2 is 1.78 bits per heavy atom. The van der Waals surface area contributed by atoms with Crippen LogP contribution < -0.4 is 4.90 Å². The molecule has 1 aliphatic rings. The number of carbonyl (C=O) groups is 1. The van der Waals surface area contributed by atoms with Gasteiger partial charge in [-0.3, -0.25) is 4.90 Å². The highest BCUT2D eigenvalue weighted by molar-refractivity contribution is 6.31. The first kappa shape index (κ1) is 17.9. The summed E-state index contributed by atoms with van der Waals surface area (Å²) in [4.78, 5) is 16.6. The number of aryl methyl sites for hydroxylation is 1. The van der Waals surface area contributed by atoms with E-state index in [1.54, 1.807) is 0 Å². The standard InChI is InChI=1S/C18H27ClN2O2/c1-12-7-8-15(9-16(12)19)20-10-13(2)21(14(3)11-20)17(22)23-18(4,5)6/h7-9,13-14H,10-11H2,1-6H3/t13-,14+. The fraction of sp³-hybridized carbons (Fsp3) is 0.611. The minimum Gasteiger partial charge on any atom is -0.444 e. The summed E-state index contributed by atoms with van der Waals surface area (Å²) in [5.41, 5.74) is 1.70. The van der Waals surface area contributed by atoms with Crippen LogP contribution in [0.3, 0.4) is 0 Å². The Balaban J connectivity index is 2.12. The molecule has 4 nitrogen and oxygen atoms in total. The van der Waals surface area contributed by atoms with Crippen molar-refractivity contribution in [3.8, 4) is 0 Å². The molecule has 1 amide bonds. The smallest absolute Gasteiger partial charge is 0.410 e. The molecule has 0 radical (unpaired) electrons. The lowest BCUT2D eigenvalue weighted by molar-refractivity contribution is 0.00566. The van der Waals surface area contributed by atoms with Gasteiger partial charge in [-0.05, 0) is 59.2 Å². The van der Waals surface area contributed by atoms with Crippen molar-refractivity contribution in [3.05, 3.63) is 28.8 Å². The molecule has 0 bridgehead atoms. The van der Waals surface area contributed by atoms with Gasteiger partial charge < -0.3 is 9.64 Å². The van der Waals surface area contributed by atoms with Crippen LogP contribution in [-0.4, -0.2) is 41.8 Å². The highest BCUT2D eigenvalue weighted by Gasteiger charge is 2.35. The Hall–Kier alpha value is -1.42. The SMILES string of the molecule is Cc1ccc(N2C[C@@H](C)N(C(=O)OC(C)(C)C)[C@@H](C)C2)cc1Cl. The number of rotatable bonds is 1. The van der Waals surface area contributed by atoms with Crippen LogP contribution in [0.25, 0.3) is 0 Å². The van der Waals surface area contributed by atoms with Gasteiger partial charge in [-0.15, -0.1) is 0 Å². The number of nitrogens with zero attached hydrogens (tertiary/aromatic N) is 2. The van der Waals surface area contributed by atoms with E-state index in [9.17, 15) is 4.79 Å². The van der Waals surface area contributed by atoms with E-state index in [1.807, 2.05) is 44.7 Å². The largest absolute Gasteiger partial charge is 0.444 e. The molecule has 0 spiro atoms. The summed E-state index contributed by atoms with van der Waals surface area (Å²) in [5, 5.41) is 0.775. The summed E-state index contributed by atoms with van der Waals surface area (Å²) < 4.78 is 5.54. The molecule has 0 unspecified atom stereocenters. The van der Waals surface area contributed by atoms with Crippen molar-refractivity contribution in [3.63, 3.8) is 0 Å². The first-order valence-corrected chi connectivity index (χ1v) is 8.48. The van der Waals surface area contributed by atoms with E-state index in [0.717, 1.165) is 29.4 Å². The number of piperazine rings is 1. The van der Waals surface area contributed by atoms with E-state index < -0.39 is 5.60 Å². The fourth-order valence-corrected chi connectivity index (χ4v) is 3.16. The first-order chi connectivity index (χ1) is 10.6. The van der Waals surface area contributed by atoms with Crippen LogP contribution in [0.1, 0.15) is 40.2 Å². The number of benzene rings is 1. The van der Waals surface area contributed by atoms with Crippen molar-refractivity contribution < 1.29 is 9.53 Å². The Morgan fingerprint density at radius 3 is 2.26 bits per heavy atom. The van der Waals surface area contributed by atoms with E-state index in [4.69, 9.17) is 16.3 Å². The molecule has 1 saturated heterocycles. The molecule has 2 atom stereocenters. The molecule has 0 aliphatic carbocycles. The molecule has 128 valence electrons. The second-order valence-corrected chi connectivity index (χ2v) is 7.83. The molecule has 0 N–H and O–H groups in total. The summed E-state index contributed by atoms with van der Waals surface area (Å²) in [6, 6.07) is 6.28. The summed E-state index contributed by atoms with van der Waals surface area (Å²) in [6.07, 6.45) is -0.237. The highest BCUT2D eigenvalue weighted by atomic mass is 35.5. The highest BCUT2D eigenvalue weighted by Crippen LogP contribution is 2.27. The molecule has 5 heteroatoms. The van der Waals surface area contributed by atoms with Gasteiger partial charge in [-0.1, -0.05) is 17.7 Å². The summed E-state index contributed by atoms with van der Waals surface area (Å²) >= 11 is 6.25. The van der Waals surface area contributed by atoms with E-state index >= 15 is 0 Å². The quantitative estimate of drug-likeness (QED) is 0.756. The lowest BCUT2D eigenvalue weighted by atomic mass is 10.1. The van der Waals surface area contributed by atoms with Gasteiger partial charge >= 0.3 is 6.09 Å². The predicted octanol–water partition coefficient (Wildman–Crippen LogP) is 4.48. The van der Waals surface area contributed by atoms with E-state index in [-0.39, 0.29) is 18.2 Å². The fourth-order valence-electron chi connectivity index (χ4n) is 2.99. The Morgan fingerprint density at radius 1 is 1.22 bits per heavy atom. The third-order valence-electron chi connectivity index (χ3n) is 4.04. The third-order valence-corrected chi connectivity index (χ3v) is 4.45. The second-order valence-electron chi connectivity index (χ2n) is 7.42. The Labute approximate surface area is 144 Å². The number of carbonyl (C=O) groups excluding carboxylic acids is 1. The average molecular weight is 339 g/mol. The van der Waals surface area contributed by atoms with E-state index in [2.05, 4.69) is 24.8 Å². The number of anilines is 1. The van der Waals surface area contributed by atoms with Gasteiger partial charge in [-0.2, -0.15) is 0 Å². The van der Waals surface area contributed by atoms with Crippen LogP contribution in [-0.2, 0) is 4.74 Å². The van der Waals surface area contributed by atoms with Crippen molar-refractivity contribution in [1.82, 2.24) is 4.90 Å². The van der Waals surface area contributed by atoms with Crippen LogP contribution in [0.5, 0.6) is 0 Å².